The number of carbonyl (C=O) groups excluding carboxylic acids is 1. The standard InChI is InChI=1S/C11H17N7O/c1-8(2)10-13-3-4-17(10)5-6-18-7-9(15-16-18)11(19)14-12/h3-4,7-8H,5-6,12H2,1-2H3,(H,14,19). The quantitative estimate of drug-likeness (QED) is 0.445. The second kappa shape index (κ2) is 5.61. The monoisotopic (exact) mass is 263 g/mol. The van der Waals surface area contributed by atoms with Gasteiger partial charge >= 0.3 is 0 Å². The van der Waals surface area contributed by atoms with Crippen LogP contribution in [-0.2, 0) is 13.1 Å². The summed E-state index contributed by atoms with van der Waals surface area (Å²) in [7, 11) is 0. The zero-order valence-corrected chi connectivity index (χ0v) is 10.9. The van der Waals surface area contributed by atoms with Gasteiger partial charge in [0.2, 0.25) is 0 Å². The molecular formula is C11H17N7O. The molecule has 0 aromatic carbocycles. The Balaban J connectivity index is 2.00. The largest absolute Gasteiger partial charge is 0.333 e. The van der Waals surface area contributed by atoms with E-state index in [0.717, 1.165) is 12.4 Å². The number of nitrogens with two attached hydrogens (primary N) is 1. The number of aryl methyl sites for hydroxylation is 2. The van der Waals surface area contributed by atoms with Gasteiger partial charge in [0.05, 0.1) is 12.7 Å². The molecule has 8 nitrogen and oxygen atoms in total. The van der Waals surface area contributed by atoms with Gasteiger partial charge in [-0.15, -0.1) is 5.10 Å². The summed E-state index contributed by atoms with van der Waals surface area (Å²) >= 11 is 0. The predicted octanol–water partition coefficient (Wildman–Crippen LogP) is -0.0983. The molecule has 0 aliphatic carbocycles. The fourth-order valence-electron chi connectivity index (χ4n) is 1.81. The van der Waals surface area contributed by atoms with Crippen LogP contribution in [-0.4, -0.2) is 30.5 Å². The highest BCUT2D eigenvalue weighted by molar-refractivity contribution is 5.91. The Morgan fingerprint density at radius 1 is 1.47 bits per heavy atom. The van der Waals surface area contributed by atoms with Crippen LogP contribution in [0.1, 0.15) is 36.1 Å². The predicted molar refractivity (Wildman–Crippen MR) is 68.0 cm³/mol. The van der Waals surface area contributed by atoms with E-state index in [4.69, 9.17) is 5.84 Å². The SMILES string of the molecule is CC(C)c1nccn1CCn1cc(C(=O)NN)nn1. The van der Waals surface area contributed by atoms with Gasteiger partial charge in [-0.05, 0) is 0 Å². The zero-order valence-electron chi connectivity index (χ0n) is 10.9. The lowest BCUT2D eigenvalue weighted by Gasteiger charge is -2.09. The van der Waals surface area contributed by atoms with Crippen LogP contribution >= 0.6 is 0 Å². The van der Waals surface area contributed by atoms with Crippen LogP contribution < -0.4 is 11.3 Å². The number of rotatable bonds is 5. The molecule has 0 fully saturated rings. The van der Waals surface area contributed by atoms with Crippen LogP contribution in [0.4, 0.5) is 0 Å². The summed E-state index contributed by atoms with van der Waals surface area (Å²) in [6, 6.07) is 0. The molecule has 0 unspecified atom stereocenters. The number of carbonyl (C=O) groups is 1. The lowest BCUT2D eigenvalue weighted by Crippen LogP contribution is -2.30. The second-order valence-corrected chi connectivity index (χ2v) is 4.47. The van der Waals surface area contributed by atoms with Crippen molar-refractivity contribution in [1.82, 2.24) is 30.0 Å². The molecule has 8 heteroatoms. The van der Waals surface area contributed by atoms with E-state index in [1.165, 1.54) is 0 Å². The molecule has 0 saturated carbocycles. The van der Waals surface area contributed by atoms with Crippen LogP contribution in [0, 0.1) is 0 Å². The fraction of sp³-hybridized carbons (Fsp3) is 0.455. The van der Waals surface area contributed by atoms with Gasteiger partial charge < -0.3 is 4.57 Å². The summed E-state index contributed by atoms with van der Waals surface area (Å²) < 4.78 is 3.67. The van der Waals surface area contributed by atoms with E-state index < -0.39 is 5.91 Å². The van der Waals surface area contributed by atoms with E-state index in [2.05, 4.69) is 33.7 Å². The summed E-state index contributed by atoms with van der Waals surface area (Å²) in [6.07, 6.45) is 5.28. The minimum atomic E-state index is -0.447. The van der Waals surface area contributed by atoms with Gasteiger partial charge in [0.25, 0.3) is 5.91 Å². The normalized spacial score (nSPS) is 10.9. The van der Waals surface area contributed by atoms with Gasteiger partial charge in [0.15, 0.2) is 5.69 Å². The Labute approximate surface area is 110 Å². The summed E-state index contributed by atoms with van der Waals surface area (Å²) in [5, 5.41) is 7.62. The van der Waals surface area contributed by atoms with Crippen molar-refractivity contribution >= 4 is 5.91 Å². The minimum Gasteiger partial charge on any atom is -0.333 e. The summed E-state index contributed by atoms with van der Waals surface area (Å²) in [4.78, 5) is 15.5. The van der Waals surface area contributed by atoms with Crippen molar-refractivity contribution in [2.75, 3.05) is 0 Å². The van der Waals surface area contributed by atoms with E-state index in [-0.39, 0.29) is 5.69 Å². The molecule has 0 saturated heterocycles. The molecule has 0 aliphatic rings. The zero-order chi connectivity index (χ0) is 13.8. The first-order valence-electron chi connectivity index (χ1n) is 6.04. The molecule has 2 aromatic rings. The van der Waals surface area contributed by atoms with Crippen molar-refractivity contribution in [3.05, 3.63) is 30.1 Å². The average molecular weight is 263 g/mol. The smallest absolute Gasteiger partial charge is 0.287 e. The lowest BCUT2D eigenvalue weighted by molar-refractivity contribution is 0.0948. The molecule has 1 amide bonds. The van der Waals surface area contributed by atoms with E-state index in [0.29, 0.717) is 12.5 Å². The van der Waals surface area contributed by atoms with Gasteiger partial charge in [0.1, 0.15) is 5.82 Å². The van der Waals surface area contributed by atoms with Crippen LogP contribution in [0.25, 0.3) is 0 Å². The minimum absolute atomic E-state index is 0.206. The van der Waals surface area contributed by atoms with Crippen LogP contribution in [0.15, 0.2) is 18.6 Å². The van der Waals surface area contributed by atoms with Gasteiger partial charge in [-0.25, -0.2) is 15.5 Å². The third-order valence-electron chi connectivity index (χ3n) is 2.74. The van der Waals surface area contributed by atoms with E-state index >= 15 is 0 Å². The maximum atomic E-state index is 11.2. The first-order chi connectivity index (χ1) is 9.11. The molecule has 2 rings (SSSR count). The molecular weight excluding hydrogens is 246 g/mol. The second-order valence-electron chi connectivity index (χ2n) is 4.47. The first-order valence-corrected chi connectivity index (χ1v) is 6.04. The first kappa shape index (κ1) is 13.2. The third kappa shape index (κ3) is 2.97. The van der Waals surface area contributed by atoms with Crippen LogP contribution in [0.3, 0.4) is 0 Å². The number of hydrogen-bond donors (Lipinski definition) is 2. The Kier molecular flexibility index (Phi) is 3.91. The summed E-state index contributed by atoms with van der Waals surface area (Å²) in [6.45, 7) is 5.53. The maximum Gasteiger partial charge on any atom is 0.287 e. The highest BCUT2D eigenvalue weighted by atomic mass is 16.2. The van der Waals surface area contributed by atoms with Crippen molar-refractivity contribution in [3.8, 4) is 0 Å². The average Bonchev–Trinajstić information content (AvgIpc) is 3.04. The number of aromatic nitrogens is 5. The lowest BCUT2D eigenvalue weighted by atomic mass is 10.2. The van der Waals surface area contributed by atoms with Crippen molar-refractivity contribution in [1.29, 1.82) is 0 Å². The summed E-state index contributed by atoms with van der Waals surface area (Å²) in [5.41, 5.74) is 2.22. The van der Waals surface area contributed by atoms with Crippen molar-refractivity contribution in [3.63, 3.8) is 0 Å². The molecule has 3 N–H and O–H groups in total. The Hall–Kier alpha value is -2.22. The number of hydrazine groups is 1. The highest BCUT2D eigenvalue weighted by Crippen LogP contribution is 2.11. The molecule has 0 radical (unpaired) electrons. The Morgan fingerprint density at radius 3 is 2.95 bits per heavy atom. The van der Waals surface area contributed by atoms with Gasteiger partial charge in [-0.2, -0.15) is 0 Å². The van der Waals surface area contributed by atoms with Crippen LogP contribution in [0.2, 0.25) is 0 Å². The Morgan fingerprint density at radius 2 is 2.26 bits per heavy atom. The molecule has 0 spiro atoms. The molecule has 102 valence electrons. The van der Waals surface area contributed by atoms with Gasteiger partial charge in [-0.1, -0.05) is 19.1 Å². The van der Waals surface area contributed by atoms with Crippen molar-refractivity contribution in [2.45, 2.75) is 32.9 Å². The van der Waals surface area contributed by atoms with Crippen molar-refractivity contribution in [2.24, 2.45) is 5.84 Å². The fourth-order valence-corrected chi connectivity index (χ4v) is 1.81. The number of hydrogen-bond acceptors (Lipinski definition) is 5. The third-order valence-corrected chi connectivity index (χ3v) is 2.74. The number of nitrogens with one attached hydrogen (secondary N) is 1. The number of nitrogens with zero attached hydrogens (tertiary/aromatic N) is 5. The van der Waals surface area contributed by atoms with E-state index in [1.54, 1.807) is 17.1 Å². The highest BCUT2D eigenvalue weighted by Gasteiger charge is 2.10. The van der Waals surface area contributed by atoms with Gasteiger partial charge in [-0.3, -0.25) is 10.2 Å². The molecule has 0 atom stereocenters. The molecule has 2 heterocycles. The van der Waals surface area contributed by atoms with E-state index in [1.807, 2.05) is 11.6 Å². The van der Waals surface area contributed by atoms with Crippen molar-refractivity contribution < 1.29 is 4.79 Å². The number of amides is 1. The number of nitrogen functional groups attached to an aromatic ring is 1. The topological polar surface area (TPSA) is 104 Å². The van der Waals surface area contributed by atoms with Gasteiger partial charge in [0, 0.05) is 24.9 Å². The summed E-state index contributed by atoms with van der Waals surface area (Å²) in [5.74, 6) is 5.97. The molecule has 19 heavy (non-hydrogen) atoms. The van der Waals surface area contributed by atoms with Crippen LogP contribution in [0.5, 0.6) is 0 Å². The molecule has 0 aliphatic heterocycles. The molecule has 0 bridgehead atoms. The Bertz CT molecular complexity index is 557. The maximum absolute atomic E-state index is 11.2. The molecule has 2 aromatic heterocycles. The number of imidazole rings is 1. The van der Waals surface area contributed by atoms with E-state index in [9.17, 15) is 4.79 Å².